The number of hydrogen-bond acceptors (Lipinski definition) is 2. The summed E-state index contributed by atoms with van der Waals surface area (Å²) in [4.78, 5) is 11.7. The van der Waals surface area contributed by atoms with Crippen molar-refractivity contribution in [3.8, 4) is 0 Å². The standard InChI is InChI=1S/C17H19ClN2O/c18-15-6-4-5-14(13-15)9-11-19-12-10-17(21)20-16-7-2-1-3-8-16/h1-8,13,19H,9-12H2,(H,20,21). The molecule has 0 aromatic heterocycles. The van der Waals surface area contributed by atoms with Crippen LogP contribution in [0.5, 0.6) is 0 Å². The van der Waals surface area contributed by atoms with Gasteiger partial charge in [-0.1, -0.05) is 41.9 Å². The predicted octanol–water partition coefficient (Wildman–Crippen LogP) is 3.50. The zero-order chi connectivity index (χ0) is 14.9. The van der Waals surface area contributed by atoms with Gasteiger partial charge < -0.3 is 10.6 Å². The topological polar surface area (TPSA) is 41.1 Å². The summed E-state index contributed by atoms with van der Waals surface area (Å²) < 4.78 is 0. The third-order valence-electron chi connectivity index (χ3n) is 3.07. The molecule has 2 N–H and O–H groups in total. The van der Waals surface area contributed by atoms with Gasteiger partial charge in [0.15, 0.2) is 0 Å². The second kappa shape index (κ2) is 8.45. The first-order valence-corrected chi connectivity index (χ1v) is 7.42. The fourth-order valence-corrected chi connectivity index (χ4v) is 2.21. The van der Waals surface area contributed by atoms with Gasteiger partial charge >= 0.3 is 0 Å². The Morgan fingerprint density at radius 2 is 1.81 bits per heavy atom. The molecule has 0 aliphatic carbocycles. The fourth-order valence-electron chi connectivity index (χ4n) is 2.00. The second-order valence-corrected chi connectivity index (χ2v) is 5.23. The highest BCUT2D eigenvalue weighted by Gasteiger charge is 2.01. The first-order valence-electron chi connectivity index (χ1n) is 7.04. The lowest BCUT2D eigenvalue weighted by atomic mass is 10.1. The number of halogens is 1. The van der Waals surface area contributed by atoms with Crippen molar-refractivity contribution >= 4 is 23.2 Å². The molecule has 0 unspecified atom stereocenters. The molecule has 3 nitrogen and oxygen atoms in total. The average Bonchev–Trinajstić information content (AvgIpc) is 2.48. The van der Waals surface area contributed by atoms with E-state index in [-0.39, 0.29) is 5.91 Å². The molecule has 2 rings (SSSR count). The molecule has 21 heavy (non-hydrogen) atoms. The summed E-state index contributed by atoms with van der Waals surface area (Å²) in [6, 6.07) is 17.3. The molecule has 1 amide bonds. The van der Waals surface area contributed by atoms with Crippen LogP contribution in [0.15, 0.2) is 54.6 Å². The maximum atomic E-state index is 11.7. The molecule has 0 saturated carbocycles. The molecule has 0 aliphatic heterocycles. The van der Waals surface area contributed by atoms with Gasteiger partial charge in [-0.05, 0) is 42.8 Å². The van der Waals surface area contributed by atoms with E-state index in [1.54, 1.807) is 0 Å². The lowest BCUT2D eigenvalue weighted by molar-refractivity contribution is -0.116. The van der Waals surface area contributed by atoms with Gasteiger partial charge in [-0.25, -0.2) is 0 Å². The van der Waals surface area contributed by atoms with E-state index >= 15 is 0 Å². The van der Waals surface area contributed by atoms with E-state index in [9.17, 15) is 4.79 Å². The van der Waals surface area contributed by atoms with E-state index < -0.39 is 0 Å². The number of para-hydroxylation sites is 1. The average molecular weight is 303 g/mol. The van der Waals surface area contributed by atoms with Crippen LogP contribution >= 0.6 is 11.6 Å². The van der Waals surface area contributed by atoms with Crippen LogP contribution < -0.4 is 10.6 Å². The second-order valence-electron chi connectivity index (χ2n) is 4.79. The highest BCUT2D eigenvalue weighted by atomic mass is 35.5. The normalized spacial score (nSPS) is 10.3. The quantitative estimate of drug-likeness (QED) is 0.769. The number of amides is 1. The Kier molecular flexibility index (Phi) is 6.25. The lowest BCUT2D eigenvalue weighted by Crippen LogP contribution is -2.23. The summed E-state index contributed by atoms with van der Waals surface area (Å²) >= 11 is 5.93. The summed E-state index contributed by atoms with van der Waals surface area (Å²) in [5, 5.41) is 6.89. The molecule has 0 bridgehead atoms. The summed E-state index contributed by atoms with van der Waals surface area (Å²) in [5.41, 5.74) is 2.03. The Bertz CT molecular complexity index is 572. The number of carbonyl (C=O) groups is 1. The summed E-state index contributed by atoms with van der Waals surface area (Å²) in [6.07, 6.45) is 1.37. The van der Waals surface area contributed by atoms with Crippen LogP contribution in [0, 0.1) is 0 Å². The highest BCUT2D eigenvalue weighted by molar-refractivity contribution is 6.30. The van der Waals surface area contributed by atoms with Crippen molar-refractivity contribution in [2.45, 2.75) is 12.8 Å². The minimum atomic E-state index is 0.0245. The van der Waals surface area contributed by atoms with Gasteiger partial charge in [0.2, 0.25) is 5.91 Å². The Morgan fingerprint density at radius 3 is 2.57 bits per heavy atom. The first-order chi connectivity index (χ1) is 10.2. The molecule has 0 heterocycles. The molecule has 110 valence electrons. The Labute approximate surface area is 130 Å². The van der Waals surface area contributed by atoms with E-state index in [0.717, 1.165) is 23.7 Å². The SMILES string of the molecule is O=C(CCNCCc1cccc(Cl)c1)Nc1ccccc1. The third-order valence-corrected chi connectivity index (χ3v) is 3.30. The predicted molar refractivity (Wildman–Crippen MR) is 87.7 cm³/mol. The molecular formula is C17H19ClN2O. The number of nitrogens with one attached hydrogen (secondary N) is 2. The van der Waals surface area contributed by atoms with Gasteiger partial charge in [-0.3, -0.25) is 4.79 Å². The largest absolute Gasteiger partial charge is 0.326 e. The molecule has 0 atom stereocenters. The molecule has 0 radical (unpaired) electrons. The van der Waals surface area contributed by atoms with Crippen molar-refractivity contribution in [3.05, 3.63) is 65.2 Å². The number of rotatable bonds is 7. The zero-order valence-corrected chi connectivity index (χ0v) is 12.6. The van der Waals surface area contributed by atoms with Crippen LogP contribution in [-0.4, -0.2) is 19.0 Å². The molecular weight excluding hydrogens is 284 g/mol. The van der Waals surface area contributed by atoms with Gasteiger partial charge in [0.05, 0.1) is 0 Å². The Morgan fingerprint density at radius 1 is 1.00 bits per heavy atom. The van der Waals surface area contributed by atoms with Gasteiger partial charge in [0, 0.05) is 23.7 Å². The van der Waals surface area contributed by atoms with Crippen molar-refractivity contribution in [3.63, 3.8) is 0 Å². The number of benzene rings is 2. The van der Waals surface area contributed by atoms with E-state index in [0.29, 0.717) is 13.0 Å². The summed E-state index contributed by atoms with van der Waals surface area (Å²) in [6.45, 7) is 1.50. The van der Waals surface area contributed by atoms with Crippen LogP contribution in [-0.2, 0) is 11.2 Å². The smallest absolute Gasteiger partial charge is 0.225 e. The number of carbonyl (C=O) groups excluding carboxylic acids is 1. The first kappa shape index (κ1) is 15.5. The van der Waals surface area contributed by atoms with E-state index in [1.165, 1.54) is 5.56 Å². The summed E-state index contributed by atoms with van der Waals surface area (Å²) in [5.74, 6) is 0.0245. The van der Waals surface area contributed by atoms with Crippen molar-refractivity contribution in [1.82, 2.24) is 5.32 Å². The van der Waals surface area contributed by atoms with Gasteiger partial charge in [0.1, 0.15) is 0 Å². The minimum absolute atomic E-state index is 0.0245. The van der Waals surface area contributed by atoms with Crippen LogP contribution in [0.2, 0.25) is 5.02 Å². The molecule has 0 saturated heterocycles. The maximum absolute atomic E-state index is 11.7. The van der Waals surface area contributed by atoms with Crippen molar-refractivity contribution < 1.29 is 4.79 Å². The van der Waals surface area contributed by atoms with Gasteiger partial charge in [0.25, 0.3) is 0 Å². The van der Waals surface area contributed by atoms with Crippen molar-refractivity contribution in [2.75, 3.05) is 18.4 Å². The van der Waals surface area contributed by atoms with Crippen LogP contribution in [0.3, 0.4) is 0 Å². The van der Waals surface area contributed by atoms with Crippen molar-refractivity contribution in [2.24, 2.45) is 0 Å². The van der Waals surface area contributed by atoms with Crippen LogP contribution in [0.4, 0.5) is 5.69 Å². The third kappa shape index (κ3) is 5.98. The van der Waals surface area contributed by atoms with Gasteiger partial charge in [-0.2, -0.15) is 0 Å². The monoisotopic (exact) mass is 302 g/mol. The zero-order valence-electron chi connectivity index (χ0n) is 11.8. The fraction of sp³-hybridized carbons (Fsp3) is 0.235. The molecule has 0 fully saturated rings. The Hall–Kier alpha value is -1.84. The molecule has 2 aromatic carbocycles. The van der Waals surface area contributed by atoms with Crippen LogP contribution in [0.25, 0.3) is 0 Å². The Balaban J connectivity index is 1.60. The summed E-state index contributed by atoms with van der Waals surface area (Å²) in [7, 11) is 0. The number of hydrogen-bond donors (Lipinski definition) is 2. The highest BCUT2D eigenvalue weighted by Crippen LogP contribution is 2.10. The number of anilines is 1. The lowest BCUT2D eigenvalue weighted by Gasteiger charge is -2.07. The maximum Gasteiger partial charge on any atom is 0.225 e. The van der Waals surface area contributed by atoms with Crippen molar-refractivity contribution in [1.29, 1.82) is 0 Å². The van der Waals surface area contributed by atoms with E-state index in [4.69, 9.17) is 11.6 Å². The molecule has 2 aromatic rings. The van der Waals surface area contributed by atoms with E-state index in [2.05, 4.69) is 16.7 Å². The van der Waals surface area contributed by atoms with Gasteiger partial charge in [-0.15, -0.1) is 0 Å². The minimum Gasteiger partial charge on any atom is -0.326 e. The van der Waals surface area contributed by atoms with E-state index in [1.807, 2.05) is 48.5 Å². The molecule has 0 aliphatic rings. The van der Waals surface area contributed by atoms with Crippen LogP contribution in [0.1, 0.15) is 12.0 Å². The molecule has 4 heteroatoms. The molecule has 0 spiro atoms.